The molecule has 0 saturated heterocycles. The maximum atomic E-state index is 4.49. The Balaban J connectivity index is 2.05. The predicted molar refractivity (Wildman–Crippen MR) is 89.3 cm³/mol. The number of aliphatic imine (C=N–C) groups is 1. The Morgan fingerprint density at radius 2 is 1.53 bits per heavy atom. The van der Waals surface area contributed by atoms with Gasteiger partial charge < -0.3 is 0 Å². The van der Waals surface area contributed by atoms with E-state index in [4.69, 9.17) is 0 Å². The van der Waals surface area contributed by atoms with Crippen LogP contribution in [0.25, 0.3) is 0 Å². The van der Waals surface area contributed by atoms with Gasteiger partial charge in [-0.3, -0.25) is 4.99 Å². The van der Waals surface area contributed by atoms with Crippen molar-refractivity contribution in [3.05, 3.63) is 60.2 Å². The molecule has 0 aliphatic heterocycles. The monoisotopic (exact) mass is 285 g/mol. The Morgan fingerprint density at radius 3 is 2.11 bits per heavy atom. The quantitative estimate of drug-likeness (QED) is 0.544. The van der Waals surface area contributed by atoms with Gasteiger partial charge in [-0.15, -0.1) is 0 Å². The molecule has 0 spiro atoms. The van der Waals surface area contributed by atoms with E-state index in [1.54, 1.807) is 0 Å². The van der Waals surface area contributed by atoms with Crippen LogP contribution >= 0.6 is 11.2 Å². The third-order valence-corrected chi connectivity index (χ3v) is 6.09. The minimum atomic E-state index is -1.11. The van der Waals surface area contributed by atoms with Gasteiger partial charge in [0.05, 0.1) is 5.69 Å². The molecule has 0 bridgehead atoms. The molecule has 2 aromatic carbocycles. The van der Waals surface area contributed by atoms with E-state index in [2.05, 4.69) is 61.0 Å². The highest BCUT2D eigenvalue weighted by atomic mass is 32.4. The van der Waals surface area contributed by atoms with Gasteiger partial charge in [0.15, 0.2) is 0 Å². The molecule has 0 aliphatic rings. The molecule has 0 atom stereocenters. The van der Waals surface area contributed by atoms with Gasteiger partial charge in [-0.2, -0.15) is 11.2 Å². The van der Waals surface area contributed by atoms with Crippen molar-refractivity contribution >= 4 is 30.3 Å². The molecule has 98 valence electrons. The third-order valence-electron chi connectivity index (χ3n) is 2.42. The fourth-order valence-corrected chi connectivity index (χ4v) is 5.15. The summed E-state index contributed by atoms with van der Waals surface area (Å²) in [6, 6.07) is 18.7. The highest BCUT2D eigenvalue weighted by Crippen LogP contribution is 2.30. The minimum absolute atomic E-state index is 1.00. The lowest BCUT2D eigenvalue weighted by Crippen LogP contribution is -2.13. The highest BCUT2D eigenvalue weighted by Gasteiger charge is 2.14. The van der Waals surface area contributed by atoms with Gasteiger partial charge in [0.2, 0.25) is 0 Å². The smallest absolute Gasteiger partial charge is 0.114 e. The van der Waals surface area contributed by atoms with Gasteiger partial charge in [0, 0.05) is 11.1 Å². The maximum Gasteiger partial charge on any atom is 0.114 e. The zero-order valence-electron chi connectivity index (χ0n) is 11.6. The Kier molecular flexibility index (Phi) is 4.61. The fourth-order valence-electron chi connectivity index (χ4n) is 1.64. The molecular formula is C16H19NSSi. The van der Waals surface area contributed by atoms with Crippen molar-refractivity contribution in [2.45, 2.75) is 24.5 Å². The summed E-state index contributed by atoms with van der Waals surface area (Å²) in [7, 11) is -1.11. The molecule has 0 aliphatic carbocycles. The molecule has 0 amide bonds. The van der Waals surface area contributed by atoms with Crippen LogP contribution < -0.4 is 0 Å². The molecule has 0 fully saturated rings. The lowest BCUT2D eigenvalue weighted by atomic mass is 10.2. The topological polar surface area (TPSA) is 12.4 Å². The molecule has 0 radical (unpaired) electrons. The Hall–Kier alpha value is -1.32. The van der Waals surface area contributed by atoms with Crippen molar-refractivity contribution in [1.29, 1.82) is 0 Å². The summed E-state index contributed by atoms with van der Waals surface area (Å²) in [6.07, 6.45) is 1.90. The van der Waals surface area contributed by atoms with Crippen molar-refractivity contribution in [2.75, 3.05) is 0 Å². The van der Waals surface area contributed by atoms with Crippen LogP contribution in [0.5, 0.6) is 0 Å². The summed E-state index contributed by atoms with van der Waals surface area (Å²) in [5, 5.41) is 0. The van der Waals surface area contributed by atoms with E-state index >= 15 is 0 Å². The summed E-state index contributed by atoms with van der Waals surface area (Å²) < 4.78 is 0. The number of rotatable bonds is 4. The molecule has 0 heterocycles. The van der Waals surface area contributed by atoms with Crippen molar-refractivity contribution < 1.29 is 0 Å². The second-order valence-electron chi connectivity index (χ2n) is 5.38. The van der Waals surface area contributed by atoms with Crippen molar-refractivity contribution in [1.82, 2.24) is 0 Å². The molecule has 3 heteroatoms. The van der Waals surface area contributed by atoms with E-state index in [1.807, 2.05) is 35.6 Å². The van der Waals surface area contributed by atoms with Crippen LogP contribution in [0.4, 0.5) is 5.69 Å². The molecule has 0 N–H and O–H groups in total. The summed E-state index contributed by atoms with van der Waals surface area (Å²) >= 11 is 2.01. The fraction of sp³-hybridized carbons (Fsp3) is 0.188. The van der Waals surface area contributed by atoms with Crippen LogP contribution in [-0.2, 0) is 0 Å². The van der Waals surface area contributed by atoms with Crippen LogP contribution in [0.2, 0.25) is 19.6 Å². The van der Waals surface area contributed by atoms with Crippen LogP contribution in [-0.4, -0.2) is 13.4 Å². The summed E-state index contributed by atoms with van der Waals surface area (Å²) in [6.45, 7) is 7.08. The molecule has 19 heavy (non-hydrogen) atoms. The first-order valence-electron chi connectivity index (χ1n) is 6.41. The number of hydrogen-bond donors (Lipinski definition) is 0. The van der Waals surface area contributed by atoms with Crippen LogP contribution in [0, 0.1) is 0 Å². The van der Waals surface area contributed by atoms with E-state index in [0.717, 1.165) is 11.3 Å². The predicted octanol–water partition coefficient (Wildman–Crippen LogP) is 5.36. The second kappa shape index (κ2) is 6.22. The van der Waals surface area contributed by atoms with Gasteiger partial charge in [-0.25, -0.2) is 0 Å². The lowest BCUT2D eigenvalue weighted by molar-refractivity contribution is 1.43. The lowest BCUT2D eigenvalue weighted by Gasteiger charge is -2.14. The third kappa shape index (κ3) is 5.05. The first-order chi connectivity index (χ1) is 9.03. The number of nitrogens with zero attached hydrogens (tertiary/aromatic N) is 1. The number of hydrogen-bond acceptors (Lipinski definition) is 2. The van der Waals surface area contributed by atoms with E-state index in [-0.39, 0.29) is 0 Å². The first kappa shape index (κ1) is 14.1. The zero-order chi connectivity index (χ0) is 13.7. The Morgan fingerprint density at radius 1 is 0.895 bits per heavy atom. The summed E-state index contributed by atoms with van der Waals surface area (Å²) in [5.74, 6) is 0. The zero-order valence-corrected chi connectivity index (χ0v) is 13.4. The molecule has 2 rings (SSSR count). The van der Waals surface area contributed by atoms with Gasteiger partial charge in [-0.1, -0.05) is 50.0 Å². The average molecular weight is 285 g/mol. The standard InChI is InChI=1S/C16H19NSSi/c1-19(2,3)18-16-11-9-15(10-12-16)17-13-14-7-5-4-6-8-14/h4-13H,1-3H3. The molecule has 1 nitrogen and oxygen atoms in total. The Labute approximate surface area is 120 Å². The summed E-state index contributed by atoms with van der Waals surface area (Å²) in [5.41, 5.74) is 2.13. The molecule has 2 aromatic rings. The largest absolute Gasteiger partial charge is 0.256 e. The number of benzene rings is 2. The molecular weight excluding hydrogens is 266 g/mol. The van der Waals surface area contributed by atoms with Crippen molar-refractivity contribution in [3.63, 3.8) is 0 Å². The SMILES string of the molecule is C[Si](C)(C)Sc1ccc(N=Cc2ccccc2)cc1. The van der Waals surface area contributed by atoms with Crippen LogP contribution in [0.1, 0.15) is 5.56 Å². The second-order valence-corrected chi connectivity index (χ2v) is 14.6. The normalized spacial score (nSPS) is 11.9. The summed E-state index contributed by atoms with van der Waals surface area (Å²) in [4.78, 5) is 5.84. The Bertz CT molecular complexity index is 541. The van der Waals surface area contributed by atoms with Gasteiger partial charge in [0.25, 0.3) is 0 Å². The minimum Gasteiger partial charge on any atom is -0.256 e. The van der Waals surface area contributed by atoms with Crippen LogP contribution in [0.3, 0.4) is 0 Å². The molecule has 0 saturated carbocycles. The average Bonchev–Trinajstić information content (AvgIpc) is 2.37. The highest BCUT2D eigenvalue weighted by molar-refractivity contribution is 8.28. The van der Waals surface area contributed by atoms with E-state index < -0.39 is 7.22 Å². The van der Waals surface area contributed by atoms with Crippen molar-refractivity contribution in [2.24, 2.45) is 4.99 Å². The molecule has 0 aromatic heterocycles. The molecule has 0 unspecified atom stereocenters. The first-order valence-corrected chi connectivity index (χ1v) is 11.5. The van der Waals surface area contributed by atoms with Crippen LogP contribution in [0.15, 0.2) is 64.5 Å². The van der Waals surface area contributed by atoms with Gasteiger partial charge in [0.1, 0.15) is 7.22 Å². The van der Waals surface area contributed by atoms with E-state index in [0.29, 0.717) is 0 Å². The van der Waals surface area contributed by atoms with Gasteiger partial charge in [-0.05, 0) is 29.8 Å². The maximum absolute atomic E-state index is 4.49. The van der Waals surface area contributed by atoms with E-state index in [9.17, 15) is 0 Å². The van der Waals surface area contributed by atoms with Gasteiger partial charge >= 0.3 is 0 Å². The van der Waals surface area contributed by atoms with Crippen molar-refractivity contribution in [3.8, 4) is 0 Å². The van der Waals surface area contributed by atoms with E-state index in [1.165, 1.54) is 4.90 Å².